The number of carbonyl (C=O) groups is 1. The molecule has 4 aromatic rings. The minimum absolute atomic E-state index is 0.0198. The number of nitrogens with zero attached hydrogens (tertiary/aromatic N) is 5. The molecule has 2 aromatic heterocycles. The fourth-order valence-corrected chi connectivity index (χ4v) is 4.51. The van der Waals surface area contributed by atoms with Crippen molar-refractivity contribution in [2.75, 3.05) is 19.7 Å². The topological polar surface area (TPSA) is 106 Å². The maximum absolute atomic E-state index is 12.8. The van der Waals surface area contributed by atoms with Crippen molar-refractivity contribution in [3.8, 4) is 5.75 Å². The van der Waals surface area contributed by atoms with E-state index in [1.165, 1.54) is 0 Å². The van der Waals surface area contributed by atoms with Gasteiger partial charge in [0, 0.05) is 29.6 Å². The number of carbonyl (C=O) groups excluding carboxylic acids is 1. The lowest BCUT2D eigenvalue weighted by Gasteiger charge is -2.31. The molecule has 9 nitrogen and oxygen atoms in total. The molecular weight excluding hydrogens is 468 g/mol. The number of amides is 1. The van der Waals surface area contributed by atoms with E-state index in [4.69, 9.17) is 21.3 Å². The lowest BCUT2D eigenvalue weighted by Crippen LogP contribution is -2.38. The summed E-state index contributed by atoms with van der Waals surface area (Å²) in [5.41, 5.74) is 1.94. The largest absolute Gasteiger partial charge is 0.494 e. The average Bonchev–Trinajstić information content (AvgIpc) is 3.28. The quantitative estimate of drug-likeness (QED) is 0.440. The summed E-state index contributed by atoms with van der Waals surface area (Å²) in [6, 6.07) is 14.6. The summed E-state index contributed by atoms with van der Waals surface area (Å²) in [5.74, 6) is 1.40. The molecule has 1 aliphatic rings. The fraction of sp³-hybridized carbons (Fsp3) is 0.320. The van der Waals surface area contributed by atoms with Crippen LogP contribution in [0, 0.1) is 0 Å². The maximum Gasteiger partial charge on any atom is 0.281 e. The number of H-pyrrole nitrogens is 1. The van der Waals surface area contributed by atoms with Crippen LogP contribution in [0.5, 0.6) is 5.75 Å². The van der Waals surface area contributed by atoms with E-state index in [1.807, 2.05) is 36.1 Å². The van der Waals surface area contributed by atoms with E-state index >= 15 is 0 Å². The van der Waals surface area contributed by atoms with Crippen molar-refractivity contribution in [2.24, 2.45) is 0 Å². The Morgan fingerprint density at radius 1 is 1.17 bits per heavy atom. The number of nitrogens with one attached hydrogen (secondary N) is 1. The molecule has 1 amide bonds. The molecule has 10 heteroatoms. The number of ether oxygens (including phenoxy) is 1. The molecule has 0 unspecified atom stereocenters. The number of halogens is 1. The predicted octanol–water partition coefficient (Wildman–Crippen LogP) is 3.63. The Morgan fingerprint density at radius 3 is 2.69 bits per heavy atom. The van der Waals surface area contributed by atoms with Crippen LogP contribution >= 0.6 is 11.6 Å². The van der Waals surface area contributed by atoms with Crippen molar-refractivity contribution >= 4 is 28.7 Å². The number of likely N-dealkylation sites (tertiary alicyclic amines) is 1. The zero-order chi connectivity index (χ0) is 24.4. The number of fused-ring (bicyclic) bond motifs is 1. The molecule has 0 radical (unpaired) electrons. The van der Waals surface area contributed by atoms with Crippen LogP contribution in [-0.2, 0) is 6.54 Å². The number of benzene rings is 2. The van der Waals surface area contributed by atoms with Crippen molar-refractivity contribution in [1.29, 1.82) is 0 Å². The Kier molecular flexibility index (Phi) is 6.50. The monoisotopic (exact) mass is 492 g/mol. The van der Waals surface area contributed by atoms with Crippen LogP contribution in [0.25, 0.3) is 11.2 Å². The van der Waals surface area contributed by atoms with Gasteiger partial charge in [-0.2, -0.15) is 0 Å². The number of aromatic nitrogens is 5. The molecular formula is C25H25ClN6O3. The molecule has 35 heavy (non-hydrogen) atoms. The molecule has 1 N–H and O–H groups in total. The summed E-state index contributed by atoms with van der Waals surface area (Å²) in [6.07, 6.45) is 1.40. The SMILES string of the molecule is CCOc1cccc(Cn2nnc3c(=O)[nH]c(C4CCN(C(=O)c5ccc(Cl)cc5)CC4)nc32)c1. The summed E-state index contributed by atoms with van der Waals surface area (Å²) >= 11 is 5.93. The lowest BCUT2D eigenvalue weighted by molar-refractivity contribution is 0.0711. The van der Waals surface area contributed by atoms with Crippen molar-refractivity contribution in [2.45, 2.75) is 32.2 Å². The van der Waals surface area contributed by atoms with Crippen molar-refractivity contribution in [1.82, 2.24) is 29.9 Å². The maximum atomic E-state index is 12.8. The van der Waals surface area contributed by atoms with Crippen LogP contribution in [-0.4, -0.2) is 55.5 Å². The molecule has 2 aromatic carbocycles. The summed E-state index contributed by atoms with van der Waals surface area (Å²) in [6.45, 7) is 4.10. The van der Waals surface area contributed by atoms with Crippen LogP contribution in [0.4, 0.5) is 0 Å². The second kappa shape index (κ2) is 9.87. The van der Waals surface area contributed by atoms with Crippen LogP contribution < -0.4 is 10.3 Å². The number of rotatable bonds is 6. The van der Waals surface area contributed by atoms with E-state index < -0.39 is 0 Å². The van der Waals surface area contributed by atoms with Gasteiger partial charge in [-0.25, -0.2) is 9.67 Å². The van der Waals surface area contributed by atoms with Crippen LogP contribution in [0.2, 0.25) is 5.02 Å². The van der Waals surface area contributed by atoms with Gasteiger partial charge in [-0.15, -0.1) is 5.10 Å². The molecule has 3 heterocycles. The summed E-state index contributed by atoms with van der Waals surface area (Å²) in [4.78, 5) is 35.0. The first-order valence-electron chi connectivity index (χ1n) is 11.6. The Hall–Kier alpha value is -3.72. The molecule has 0 bridgehead atoms. The van der Waals surface area contributed by atoms with E-state index in [2.05, 4.69) is 15.3 Å². The molecule has 1 fully saturated rings. The van der Waals surface area contributed by atoms with E-state index in [1.54, 1.807) is 28.9 Å². The van der Waals surface area contributed by atoms with E-state index in [9.17, 15) is 9.59 Å². The Balaban J connectivity index is 1.33. The molecule has 180 valence electrons. The van der Waals surface area contributed by atoms with Crippen molar-refractivity contribution < 1.29 is 9.53 Å². The first kappa shape index (κ1) is 23.0. The molecule has 0 atom stereocenters. The van der Waals surface area contributed by atoms with Gasteiger partial charge in [0.2, 0.25) is 0 Å². The molecule has 5 rings (SSSR count). The van der Waals surface area contributed by atoms with E-state index in [0.29, 0.717) is 61.1 Å². The Labute approximate surface area is 206 Å². The molecule has 0 spiro atoms. The van der Waals surface area contributed by atoms with Gasteiger partial charge in [0.25, 0.3) is 11.5 Å². The summed E-state index contributed by atoms with van der Waals surface area (Å²) < 4.78 is 7.22. The number of hydrogen-bond acceptors (Lipinski definition) is 6. The highest BCUT2D eigenvalue weighted by molar-refractivity contribution is 6.30. The van der Waals surface area contributed by atoms with Crippen LogP contribution in [0.15, 0.2) is 53.3 Å². The number of aromatic amines is 1. The van der Waals surface area contributed by atoms with Crippen molar-refractivity contribution in [3.05, 3.63) is 80.9 Å². The van der Waals surface area contributed by atoms with E-state index in [-0.39, 0.29) is 22.9 Å². The summed E-state index contributed by atoms with van der Waals surface area (Å²) in [5, 5.41) is 8.82. The minimum atomic E-state index is -0.306. The third-order valence-corrected chi connectivity index (χ3v) is 6.45. The molecule has 0 saturated carbocycles. The van der Waals surface area contributed by atoms with Crippen LogP contribution in [0.1, 0.15) is 47.4 Å². The highest BCUT2D eigenvalue weighted by atomic mass is 35.5. The number of hydrogen-bond donors (Lipinski definition) is 1. The first-order valence-corrected chi connectivity index (χ1v) is 12.0. The van der Waals surface area contributed by atoms with Gasteiger partial charge in [-0.3, -0.25) is 9.59 Å². The highest BCUT2D eigenvalue weighted by Gasteiger charge is 2.27. The smallest absolute Gasteiger partial charge is 0.281 e. The normalized spacial score (nSPS) is 14.4. The minimum Gasteiger partial charge on any atom is -0.494 e. The van der Waals surface area contributed by atoms with Gasteiger partial charge >= 0.3 is 0 Å². The second-order valence-corrected chi connectivity index (χ2v) is 8.96. The predicted molar refractivity (Wildman–Crippen MR) is 132 cm³/mol. The van der Waals surface area contributed by atoms with Gasteiger partial charge in [0.1, 0.15) is 11.6 Å². The van der Waals surface area contributed by atoms with Gasteiger partial charge in [0.05, 0.1) is 13.2 Å². The van der Waals surface area contributed by atoms with Gasteiger partial charge in [-0.05, 0) is 61.7 Å². The Morgan fingerprint density at radius 2 is 1.94 bits per heavy atom. The lowest BCUT2D eigenvalue weighted by atomic mass is 9.95. The van der Waals surface area contributed by atoms with Gasteiger partial charge in [0.15, 0.2) is 11.2 Å². The fourth-order valence-electron chi connectivity index (χ4n) is 4.39. The second-order valence-electron chi connectivity index (χ2n) is 8.52. The summed E-state index contributed by atoms with van der Waals surface area (Å²) in [7, 11) is 0. The zero-order valence-corrected chi connectivity index (χ0v) is 20.0. The van der Waals surface area contributed by atoms with E-state index in [0.717, 1.165) is 11.3 Å². The first-order chi connectivity index (χ1) is 17.0. The zero-order valence-electron chi connectivity index (χ0n) is 19.3. The van der Waals surface area contributed by atoms with Gasteiger partial charge < -0.3 is 14.6 Å². The molecule has 1 saturated heterocycles. The third kappa shape index (κ3) is 4.90. The average molecular weight is 493 g/mol. The highest BCUT2D eigenvalue weighted by Crippen LogP contribution is 2.27. The van der Waals surface area contributed by atoms with Crippen LogP contribution in [0.3, 0.4) is 0 Å². The number of piperidine rings is 1. The standard InChI is InChI=1S/C25H25ClN6O3/c1-2-35-20-5-3-4-16(14-20)15-32-23-21(29-30-32)24(33)28-22(27-23)17-10-12-31(13-11-17)25(34)18-6-8-19(26)9-7-18/h3-9,14,17H,2,10-13,15H2,1H3,(H,27,28,33). The molecule has 0 aliphatic carbocycles. The van der Waals surface area contributed by atoms with Crippen molar-refractivity contribution in [3.63, 3.8) is 0 Å². The van der Waals surface area contributed by atoms with Gasteiger partial charge in [-0.1, -0.05) is 28.9 Å². The Bertz CT molecular complexity index is 1410. The molecule has 1 aliphatic heterocycles. The third-order valence-electron chi connectivity index (χ3n) is 6.19.